The first-order chi connectivity index (χ1) is 7.27. The van der Waals surface area contributed by atoms with Gasteiger partial charge in [0.15, 0.2) is 0 Å². The van der Waals surface area contributed by atoms with E-state index < -0.39 is 0 Å². The van der Waals surface area contributed by atoms with Crippen LogP contribution in [0.3, 0.4) is 0 Å². The molecule has 0 unspecified atom stereocenters. The lowest BCUT2D eigenvalue weighted by Crippen LogP contribution is -2.14. The smallest absolute Gasteiger partial charge is 0.0723 e. The van der Waals surface area contributed by atoms with E-state index in [9.17, 15) is 0 Å². The number of hydrogen-bond acceptors (Lipinski definition) is 2. The molecule has 1 aromatic rings. The van der Waals surface area contributed by atoms with Crippen molar-refractivity contribution in [1.82, 2.24) is 0 Å². The van der Waals surface area contributed by atoms with E-state index in [2.05, 4.69) is 37.4 Å². The largest absolute Gasteiger partial charge is 0.385 e. The van der Waals surface area contributed by atoms with Gasteiger partial charge in [-0.25, -0.2) is 0 Å². The van der Waals surface area contributed by atoms with Crippen LogP contribution in [0.1, 0.15) is 31.4 Å². The fraction of sp³-hybridized carbons (Fsp3) is 0.538. The molecular formula is C13H19NO. The number of fused-ring (bicyclic) bond motifs is 1. The minimum absolute atomic E-state index is 0.303. The molecule has 1 heterocycles. The summed E-state index contributed by atoms with van der Waals surface area (Å²) in [4.78, 5) is 0. The first-order valence-corrected chi connectivity index (χ1v) is 5.73. The van der Waals surface area contributed by atoms with Gasteiger partial charge in [0.1, 0.15) is 0 Å². The predicted molar refractivity (Wildman–Crippen MR) is 63.2 cm³/mol. The molecule has 0 atom stereocenters. The topological polar surface area (TPSA) is 21.3 Å². The predicted octanol–water partition coefficient (Wildman–Crippen LogP) is 2.97. The van der Waals surface area contributed by atoms with E-state index in [1.54, 1.807) is 0 Å². The maximum Gasteiger partial charge on any atom is 0.0723 e. The minimum atomic E-state index is 0.303. The van der Waals surface area contributed by atoms with Gasteiger partial charge in [0.2, 0.25) is 0 Å². The summed E-state index contributed by atoms with van der Waals surface area (Å²) in [6.07, 6.45) is 2.71. The second-order valence-corrected chi connectivity index (χ2v) is 4.33. The molecular weight excluding hydrogens is 186 g/mol. The van der Waals surface area contributed by atoms with Gasteiger partial charge in [0.05, 0.1) is 12.7 Å². The van der Waals surface area contributed by atoms with Crippen molar-refractivity contribution in [2.75, 3.05) is 11.9 Å². The molecule has 2 nitrogen and oxygen atoms in total. The number of anilines is 1. The molecule has 0 amide bonds. The molecule has 1 aliphatic heterocycles. The molecule has 0 saturated heterocycles. The van der Waals surface area contributed by atoms with E-state index in [1.807, 2.05) is 0 Å². The molecule has 0 spiro atoms. The maximum atomic E-state index is 5.67. The van der Waals surface area contributed by atoms with Gasteiger partial charge in [-0.15, -0.1) is 0 Å². The van der Waals surface area contributed by atoms with Crippen molar-refractivity contribution in [1.29, 1.82) is 0 Å². The highest BCUT2D eigenvalue weighted by molar-refractivity contribution is 5.56. The second-order valence-electron chi connectivity index (χ2n) is 4.33. The Kier molecular flexibility index (Phi) is 3.27. The molecule has 0 saturated carbocycles. The number of ether oxygens (including phenoxy) is 1. The van der Waals surface area contributed by atoms with Crippen LogP contribution in [0, 0.1) is 0 Å². The van der Waals surface area contributed by atoms with Crippen LogP contribution in [0.2, 0.25) is 0 Å². The number of hydrogen-bond donors (Lipinski definition) is 1. The average Bonchev–Trinajstić information content (AvgIpc) is 2.26. The average molecular weight is 205 g/mol. The number of rotatable bonds is 3. The Hall–Kier alpha value is -1.02. The molecule has 0 aliphatic carbocycles. The van der Waals surface area contributed by atoms with Gasteiger partial charge in [0.25, 0.3) is 0 Å². The lowest BCUT2D eigenvalue weighted by molar-refractivity contribution is 0.0653. The summed E-state index contributed by atoms with van der Waals surface area (Å²) < 4.78 is 5.67. The summed E-state index contributed by atoms with van der Waals surface area (Å²) in [5, 5.41) is 3.44. The monoisotopic (exact) mass is 205 g/mol. The summed E-state index contributed by atoms with van der Waals surface area (Å²) >= 11 is 0. The molecule has 2 rings (SSSR count). The molecule has 0 radical (unpaired) electrons. The van der Waals surface area contributed by atoms with Gasteiger partial charge in [-0.05, 0) is 43.9 Å². The molecule has 0 fully saturated rings. The van der Waals surface area contributed by atoms with Crippen LogP contribution in [-0.4, -0.2) is 12.6 Å². The zero-order valence-corrected chi connectivity index (χ0v) is 9.55. The molecule has 0 aromatic heterocycles. The van der Waals surface area contributed by atoms with Crippen molar-refractivity contribution in [2.24, 2.45) is 0 Å². The van der Waals surface area contributed by atoms with E-state index in [0.29, 0.717) is 6.10 Å². The van der Waals surface area contributed by atoms with Crippen molar-refractivity contribution in [3.8, 4) is 0 Å². The van der Waals surface area contributed by atoms with Crippen molar-refractivity contribution in [2.45, 2.75) is 39.4 Å². The van der Waals surface area contributed by atoms with Crippen LogP contribution < -0.4 is 5.32 Å². The highest BCUT2D eigenvalue weighted by Gasteiger charge is 2.12. The minimum Gasteiger partial charge on any atom is -0.385 e. The lowest BCUT2D eigenvalue weighted by Gasteiger charge is -2.21. The van der Waals surface area contributed by atoms with Crippen molar-refractivity contribution < 1.29 is 4.74 Å². The Balaban J connectivity index is 2.16. The van der Waals surface area contributed by atoms with Gasteiger partial charge < -0.3 is 10.1 Å². The van der Waals surface area contributed by atoms with Gasteiger partial charge in [-0.2, -0.15) is 0 Å². The third-order valence-electron chi connectivity index (χ3n) is 2.76. The van der Waals surface area contributed by atoms with Crippen LogP contribution in [0.25, 0.3) is 0 Å². The molecule has 1 N–H and O–H groups in total. The van der Waals surface area contributed by atoms with E-state index in [1.165, 1.54) is 29.7 Å². The van der Waals surface area contributed by atoms with Crippen LogP contribution in [0.15, 0.2) is 18.2 Å². The molecule has 0 bridgehead atoms. The first kappa shape index (κ1) is 10.5. The zero-order valence-electron chi connectivity index (χ0n) is 9.55. The quantitative estimate of drug-likeness (QED) is 0.819. The zero-order chi connectivity index (χ0) is 10.7. The van der Waals surface area contributed by atoms with Gasteiger partial charge in [-0.3, -0.25) is 0 Å². The third kappa shape index (κ3) is 2.51. The van der Waals surface area contributed by atoms with Gasteiger partial charge >= 0.3 is 0 Å². The Morgan fingerprint density at radius 3 is 3.07 bits per heavy atom. The van der Waals surface area contributed by atoms with Gasteiger partial charge in [-0.1, -0.05) is 12.1 Å². The highest BCUT2D eigenvalue weighted by atomic mass is 16.5. The summed E-state index contributed by atoms with van der Waals surface area (Å²) in [6, 6.07) is 6.44. The highest BCUT2D eigenvalue weighted by Crippen LogP contribution is 2.25. The van der Waals surface area contributed by atoms with Crippen LogP contribution in [0.5, 0.6) is 0 Å². The lowest BCUT2D eigenvalue weighted by atomic mass is 9.98. The third-order valence-corrected chi connectivity index (χ3v) is 2.76. The van der Waals surface area contributed by atoms with Crippen LogP contribution in [-0.2, 0) is 17.8 Å². The van der Waals surface area contributed by atoms with E-state index in [4.69, 9.17) is 4.74 Å². The van der Waals surface area contributed by atoms with E-state index in [0.717, 1.165) is 13.2 Å². The fourth-order valence-electron chi connectivity index (χ4n) is 1.98. The molecule has 82 valence electrons. The number of nitrogens with one attached hydrogen (secondary N) is 1. The molecule has 2 heteroatoms. The normalized spacial score (nSPS) is 14.9. The maximum absolute atomic E-state index is 5.67. The van der Waals surface area contributed by atoms with Crippen LogP contribution >= 0.6 is 0 Å². The van der Waals surface area contributed by atoms with Crippen molar-refractivity contribution in [3.63, 3.8) is 0 Å². The summed E-state index contributed by atoms with van der Waals surface area (Å²) in [5.41, 5.74) is 4.09. The van der Waals surface area contributed by atoms with Crippen molar-refractivity contribution in [3.05, 3.63) is 29.3 Å². The Bertz CT molecular complexity index is 333. The van der Waals surface area contributed by atoms with Crippen LogP contribution in [0.4, 0.5) is 5.69 Å². The Morgan fingerprint density at radius 1 is 1.40 bits per heavy atom. The van der Waals surface area contributed by atoms with Crippen molar-refractivity contribution >= 4 is 5.69 Å². The standard InChI is InChI=1S/C13H19NO/c1-10(2)15-9-11-5-3-7-13-12(11)6-4-8-14-13/h3,5,7,10,14H,4,6,8-9H2,1-2H3. The van der Waals surface area contributed by atoms with E-state index in [-0.39, 0.29) is 0 Å². The molecule has 15 heavy (non-hydrogen) atoms. The Labute approximate surface area is 91.6 Å². The van der Waals surface area contributed by atoms with Gasteiger partial charge in [0, 0.05) is 12.2 Å². The van der Waals surface area contributed by atoms with E-state index >= 15 is 0 Å². The second kappa shape index (κ2) is 4.67. The Morgan fingerprint density at radius 2 is 2.27 bits per heavy atom. The molecule has 1 aliphatic rings. The SMILES string of the molecule is CC(C)OCc1cccc2c1CCCN2. The molecule has 1 aromatic carbocycles. The summed E-state index contributed by atoms with van der Waals surface area (Å²) in [6.45, 7) is 5.99. The fourth-order valence-corrected chi connectivity index (χ4v) is 1.98. The summed E-state index contributed by atoms with van der Waals surface area (Å²) in [5.74, 6) is 0. The number of benzene rings is 1. The first-order valence-electron chi connectivity index (χ1n) is 5.73. The summed E-state index contributed by atoms with van der Waals surface area (Å²) in [7, 11) is 0.